The normalized spacial score (nSPS) is 13.0. The fourth-order valence-electron chi connectivity index (χ4n) is 2.19. The van der Waals surface area contributed by atoms with Gasteiger partial charge in [-0.05, 0) is 51.5 Å². The minimum absolute atomic E-state index is 0.291. The van der Waals surface area contributed by atoms with E-state index in [1.807, 2.05) is 58.0 Å². The predicted octanol–water partition coefficient (Wildman–Crippen LogP) is 3.07. The Morgan fingerprint density at radius 2 is 2.05 bits per heavy atom. The minimum atomic E-state index is -0.534. The van der Waals surface area contributed by atoms with E-state index in [-0.39, 0.29) is 6.04 Å². The maximum Gasteiger partial charge on any atom is 0.408 e. The number of hydrogen-bond donors (Lipinski definition) is 2. The van der Waals surface area contributed by atoms with Gasteiger partial charge in [0.2, 0.25) is 0 Å². The number of carbonyl (C=O) groups excluding carboxylic acids is 1. The van der Waals surface area contributed by atoms with Crippen molar-refractivity contribution in [3.8, 4) is 0 Å². The number of nitrogens with one attached hydrogen (secondary N) is 1. The number of pyridine rings is 1. The van der Waals surface area contributed by atoms with Crippen LogP contribution in [0.4, 0.5) is 4.79 Å². The zero-order valence-electron chi connectivity index (χ0n) is 13.5. The smallest absolute Gasteiger partial charge is 0.408 e. The lowest BCUT2D eigenvalue weighted by Crippen LogP contribution is -2.37. The zero-order valence-corrected chi connectivity index (χ0v) is 13.5. The summed E-state index contributed by atoms with van der Waals surface area (Å²) >= 11 is 0. The summed E-state index contributed by atoms with van der Waals surface area (Å²) < 4.78 is 5.28. The number of ether oxygens (including phenoxy) is 1. The van der Waals surface area contributed by atoms with E-state index in [1.165, 1.54) is 0 Å². The molecule has 5 nitrogen and oxygen atoms in total. The highest BCUT2D eigenvalue weighted by atomic mass is 16.6. The van der Waals surface area contributed by atoms with Crippen molar-refractivity contribution in [2.45, 2.75) is 39.3 Å². The van der Waals surface area contributed by atoms with E-state index >= 15 is 0 Å². The summed E-state index contributed by atoms with van der Waals surface area (Å²) in [6.07, 6.45) is -0.468. The van der Waals surface area contributed by atoms with Crippen LogP contribution in [0.1, 0.15) is 38.1 Å². The molecule has 1 unspecified atom stereocenters. The molecule has 1 aromatic carbocycles. The number of carbonyl (C=O) groups is 1. The summed E-state index contributed by atoms with van der Waals surface area (Å²) in [4.78, 5) is 16.4. The van der Waals surface area contributed by atoms with E-state index in [1.54, 1.807) is 0 Å². The van der Waals surface area contributed by atoms with Gasteiger partial charge in [0, 0.05) is 17.6 Å². The molecule has 2 rings (SSSR count). The number of hydrogen-bond acceptors (Lipinski definition) is 4. The molecule has 0 aliphatic rings. The molecular weight excluding hydrogens is 278 g/mol. The first-order valence-electron chi connectivity index (χ1n) is 7.35. The number of aryl methyl sites for hydroxylation is 1. The maximum absolute atomic E-state index is 11.9. The first-order valence-corrected chi connectivity index (χ1v) is 7.35. The Labute approximate surface area is 130 Å². The predicted molar refractivity (Wildman–Crippen MR) is 87.6 cm³/mol. The van der Waals surface area contributed by atoms with Gasteiger partial charge in [-0.3, -0.25) is 4.98 Å². The molecule has 0 saturated carbocycles. The van der Waals surface area contributed by atoms with Crippen LogP contribution in [0.2, 0.25) is 0 Å². The van der Waals surface area contributed by atoms with E-state index in [4.69, 9.17) is 10.5 Å². The lowest BCUT2D eigenvalue weighted by molar-refractivity contribution is 0.0505. The molecule has 1 amide bonds. The number of nitrogens with zero attached hydrogens (tertiary/aromatic N) is 1. The van der Waals surface area contributed by atoms with Gasteiger partial charge in [0.15, 0.2) is 0 Å². The number of alkyl carbamates (subject to hydrolysis) is 1. The molecule has 0 bridgehead atoms. The Bertz CT molecular complexity index is 677. The fraction of sp³-hybridized carbons (Fsp3) is 0.412. The quantitative estimate of drug-likeness (QED) is 0.913. The number of amides is 1. The average molecular weight is 301 g/mol. The Hall–Kier alpha value is -2.14. The van der Waals surface area contributed by atoms with Crippen LogP contribution < -0.4 is 11.1 Å². The molecule has 0 spiro atoms. The molecule has 2 aromatic rings. The second kappa shape index (κ2) is 6.32. The van der Waals surface area contributed by atoms with Crippen molar-refractivity contribution in [2.24, 2.45) is 5.73 Å². The zero-order chi connectivity index (χ0) is 16.3. The van der Waals surface area contributed by atoms with E-state index in [2.05, 4.69) is 10.3 Å². The van der Waals surface area contributed by atoms with Gasteiger partial charge >= 0.3 is 6.09 Å². The van der Waals surface area contributed by atoms with Crippen molar-refractivity contribution in [1.29, 1.82) is 0 Å². The third kappa shape index (κ3) is 4.18. The van der Waals surface area contributed by atoms with Crippen molar-refractivity contribution in [3.63, 3.8) is 0 Å². The number of aromatic nitrogens is 1. The van der Waals surface area contributed by atoms with Gasteiger partial charge in [-0.25, -0.2) is 4.79 Å². The minimum Gasteiger partial charge on any atom is -0.444 e. The molecule has 22 heavy (non-hydrogen) atoms. The highest BCUT2D eigenvalue weighted by Gasteiger charge is 2.20. The van der Waals surface area contributed by atoms with Gasteiger partial charge in [0.1, 0.15) is 5.60 Å². The van der Waals surface area contributed by atoms with Crippen LogP contribution in [0, 0.1) is 6.92 Å². The monoisotopic (exact) mass is 301 g/mol. The van der Waals surface area contributed by atoms with Gasteiger partial charge < -0.3 is 15.8 Å². The highest BCUT2D eigenvalue weighted by Crippen LogP contribution is 2.20. The van der Waals surface area contributed by atoms with Crippen LogP contribution in [-0.2, 0) is 4.74 Å². The third-order valence-corrected chi connectivity index (χ3v) is 3.18. The molecule has 0 fully saturated rings. The number of rotatable bonds is 3. The molecule has 0 saturated heterocycles. The molecule has 3 N–H and O–H groups in total. The Morgan fingerprint density at radius 1 is 1.32 bits per heavy atom. The van der Waals surface area contributed by atoms with E-state index in [0.717, 1.165) is 22.2 Å². The van der Waals surface area contributed by atoms with Gasteiger partial charge in [-0.2, -0.15) is 0 Å². The van der Waals surface area contributed by atoms with Gasteiger partial charge in [-0.15, -0.1) is 0 Å². The summed E-state index contributed by atoms with van der Waals surface area (Å²) in [5.41, 5.74) is 8.10. The molecule has 5 heteroatoms. The SMILES string of the molecule is Cc1ccc2cc(C(CN)NC(=O)OC(C)(C)C)ccc2n1. The molecule has 1 atom stereocenters. The summed E-state index contributed by atoms with van der Waals surface area (Å²) in [6, 6.07) is 9.56. The van der Waals surface area contributed by atoms with Crippen LogP contribution in [0.5, 0.6) is 0 Å². The second-order valence-electron chi connectivity index (χ2n) is 6.34. The molecule has 1 heterocycles. The van der Waals surface area contributed by atoms with Crippen LogP contribution >= 0.6 is 0 Å². The van der Waals surface area contributed by atoms with E-state index in [9.17, 15) is 4.79 Å². The van der Waals surface area contributed by atoms with Crippen molar-refractivity contribution in [1.82, 2.24) is 10.3 Å². The average Bonchev–Trinajstić information content (AvgIpc) is 2.42. The Kier molecular flexibility index (Phi) is 4.66. The standard InChI is InChI=1S/C17H23N3O2/c1-11-5-6-12-9-13(7-8-14(12)19-11)15(10-18)20-16(21)22-17(2,3)4/h5-9,15H,10,18H2,1-4H3,(H,20,21). The van der Waals surface area contributed by atoms with Crippen LogP contribution in [0.15, 0.2) is 30.3 Å². The van der Waals surface area contributed by atoms with E-state index < -0.39 is 11.7 Å². The topological polar surface area (TPSA) is 77.2 Å². The molecular formula is C17H23N3O2. The van der Waals surface area contributed by atoms with Gasteiger partial charge in [0.25, 0.3) is 0 Å². The molecule has 0 aliphatic carbocycles. The lowest BCUT2D eigenvalue weighted by atomic mass is 10.0. The van der Waals surface area contributed by atoms with Gasteiger partial charge in [0.05, 0.1) is 11.6 Å². The Balaban J connectivity index is 2.20. The van der Waals surface area contributed by atoms with E-state index in [0.29, 0.717) is 6.54 Å². The van der Waals surface area contributed by atoms with Crippen LogP contribution in [0.3, 0.4) is 0 Å². The molecule has 0 aliphatic heterocycles. The highest BCUT2D eigenvalue weighted by molar-refractivity contribution is 5.79. The molecule has 0 radical (unpaired) electrons. The van der Waals surface area contributed by atoms with Crippen molar-refractivity contribution in [3.05, 3.63) is 41.6 Å². The third-order valence-electron chi connectivity index (χ3n) is 3.18. The summed E-state index contributed by atoms with van der Waals surface area (Å²) in [5, 5.41) is 3.83. The van der Waals surface area contributed by atoms with Crippen LogP contribution in [-0.4, -0.2) is 23.2 Å². The second-order valence-corrected chi connectivity index (χ2v) is 6.34. The summed E-state index contributed by atoms with van der Waals surface area (Å²) in [7, 11) is 0. The fourth-order valence-corrected chi connectivity index (χ4v) is 2.19. The number of benzene rings is 1. The largest absolute Gasteiger partial charge is 0.444 e. The number of nitrogens with two attached hydrogens (primary N) is 1. The maximum atomic E-state index is 11.9. The van der Waals surface area contributed by atoms with Crippen LogP contribution in [0.25, 0.3) is 10.9 Å². The van der Waals surface area contributed by atoms with Gasteiger partial charge in [-0.1, -0.05) is 12.1 Å². The van der Waals surface area contributed by atoms with Crippen molar-refractivity contribution < 1.29 is 9.53 Å². The molecule has 1 aromatic heterocycles. The molecule has 118 valence electrons. The first kappa shape index (κ1) is 16.2. The summed E-state index contributed by atoms with van der Waals surface area (Å²) in [6.45, 7) is 7.74. The first-order chi connectivity index (χ1) is 10.3. The van der Waals surface area contributed by atoms with Crippen molar-refractivity contribution >= 4 is 17.0 Å². The number of fused-ring (bicyclic) bond motifs is 1. The summed E-state index contributed by atoms with van der Waals surface area (Å²) in [5.74, 6) is 0. The lowest BCUT2D eigenvalue weighted by Gasteiger charge is -2.23. The Morgan fingerprint density at radius 3 is 2.68 bits per heavy atom. The van der Waals surface area contributed by atoms with Crippen molar-refractivity contribution in [2.75, 3.05) is 6.54 Å².